The lowest BCUT2D eigenvalue weighted by Gasteiger charge is -2.14. The molecular formula is C9H19F3. The summed E-state index contributed by atoms with van der Waals surface area (Å²) in [4.78, 5) is 0. The predicted molar refractivity (Wildman–Crippen MR) is 46.1 cm³/mol. The summed E-state index contributed by atoms with van der Waals surface area (Å²) in [5, 5.41) is 0. The fourth-order valence-corrected chi connectivity index (χ4v) is 0.674. The molecule has 0 aromatic carbocycles. The van der Waals surface area contributed by atoms with Crippen molar-refractivity contribution in [2.75, 3.05) is 0 Å². The molecule has 0 aliphatic heterocycles. The van der Waals surface area contributed by atoms with Crippen LogP contribution < -0.4 is 0 Å². The van der Waals surface area contributed by atoms with Gasteiger partial charge < -0.3 is 0 Å². The molecule has 0 fully saturated rings. The Morgan fingerprint density at radius 2 is 1.58 bits per heavy atom. The molecule has 12 heavy (non-hydrogen) atoms. The van der Waals surface area contributed by atoms with Gasteiger partial charge in [0.1, 0.15) is 0 Å². The molecule has 0 amide bonds. The minimum atomic E-state index is -3.99. The smallest absolute Gasteiger partial charge is 0.171 e. The van der Waals surface area contributed by atoms with E-state index in [0.29, 0.717) is 6.42 Å². The van der Waals surface area contributed by atoms with Crippen molar-refractivity contribution in [3.05, 3.63) is 0 Å². The summed E-state index contributed by atoms with van der Waals surface area (Å²) in [6.07, 6.45) is -2.23. The van der Waals surface area contributed by atoms with Crippen molar-refractivity contribution in [2.24, 2.45) is 5.92 Å². The van der Waals surface area contributed by atoms with Crippen molar-refractivity contribution in [3.63, 3.8) is 0 Å². The molecule has 0 spiro atoms. The molecule has 3 heteroatoms. The first kappa shape index (κ1) is 14.3. The van der Waals surface area contributed by atoms with E-state index in [9.17, 15) is 13.2 Å². The van der Waals surface area contributed by atoms with Crippen LogP contribution in [0, 0.1) is 5.92 Å². The SMILES string of the molecule is CC.CCCC[C@@H](C)C(F)(F)F. The van der Waals surface area contributed by atoms with Gasteiger partial charge in [0.2, 0.25) is 0 Å². The van der Waals surface area contributed by atoms with E-state index in [1.807, 2.05) is 20.8 Å². The van der Waals surface area contributed by atoms with E-state index < -0.39 is 12.1 Å². The summed E-state index contributed by atoms with van der Waals surface area (Å²) >= 11 is 0. The van der Waals surface area contributed by atoms with Crippen LogP contribution in [0.4, 0.5) is 13.2 Å². The zero-order valence-electron chi connectivity index (χ0n) is 8.33. The van der Waals surface area contributed by atoms with Crippen LogP contribution in [0.2, 0.25) is 0 Å². The van der Waals surface area contributed by atoms with Crippen LogP contribution in [0.25, 0.3) is 0 Å². The van der Waals surface area contributed by atoms with Crippen LogP contribution in [-0.4, -0.2) is 6.18 Å². The molecule has 0 N–H and O–H groups in total. The molecule has 1 atom stereocenters. The second-order valence-corrected chi connectivity index (χ2v) is 2.58. The number of hydrogen-bond donors (Lipinski definition) is 0. The van der Waals surface area contributed by atoms with E-state index >= 15 is 0 Å². The number of hydrogen-bond acceptors (Lipinski definition) is 0. The third kappa shape index (κ3) is 7.89. The van der Waals surface area contributed by atoms with Crippen LogP contribution in [0.3, 0.4) is 0 Å². The number of unbranched alkanes of at least 4 members (excludes halogenated alkanes) is 1. The molecule has 0 nitrogen and oxygen atoms in total. The zero-order valence-corrected chi connectivity index (χ0v) is 8.33. The van der Waals surface area contributed by atoms with E-state index in [2.05, 4.69) is 0 Å². The lowest BCUT2D eigenvalue weighted by atomic mass is 10.0. The Morgan fingerprint density at radius 3 is 1.83 bits per heavy atom. The summed E-state index contributed by atoms with van der Waals surface area (Å²) in [6, 6.07) is 0. The lowest BCUT2D eigenvalue weighted by Crippen LogP contribution is -2.19. The van der Waals surface area contributed by atoms with Crippen LogP contribution in [0.1, 0.15) is 47.0 Å². The zero-order chi connectivity index (χ0) is 10.2. The average molecular weight is 184 g/mol. The maximum absolute atomic E-state index is 11.8. The highest BCUT2D eigenvalue weighted by molar-refractivity contribution is 4.61. The van der Waals surface area contributed by atoms with Crippen molar-refractivity contribution in [2.45, 2.75) is 53.1 Å². The van der Waals surface area contributed by atoms with Gasteiger partial charge in [-0.15, -0.1) is 0 Å². The average Bonchev–Trinajstić information content (AvgIpc) is 2.02. The Morgan fingerprint density at radius 1 is 1.17 bits per heavy atom. The first-order valence-electron chi connectivity index (χ1n) is 4.55. The molecule has 0 aromatic rings. The third-order valence-electron chi connectivity index (χ3n) is 1.55. The lowest BCUT2D eigenvalue weighted by molar-refractivity contribution is -0.171. The fraction of sp³-hybridized carbons (Fsp3) is 1.00. The molecule has 0 bridgehead atoms. The van der Waals surface area contributed by atoms with Crippen molar-refractivity contribution in [3.8, 4) is 0 Å². The van der Waals surface area contributed by atoms with Gasteiger partial charge in [-0.2, -0.15) is 13.2 Å². The summed E-state index contributed by atoms with van der Waals surface area (Å²) in [6.45, 7) is 7.12. The minimum absolute atomic E-state index is 0.264. The summed E-state index contributed by atoms with van der Waals surface area (Å²) in [5.41, 5.74) is 0. The summed E-state index contributed by atoms with van der Waals surface area (Å²) in [7, 11) is 0. The molecule has 76 valence electrons. The van der Waals surface area contributed by atoms with Crippen molar-refractivity contribution in [1.29, 1.82) is 0 Å². The van der Waals surface area contributed by atoms with E-state index in [-0.39, 0.29) is 6.42 Å². The van der Waals surface area contributed by atoms with Crippen LogP contribution in [0.15, 0.2) is 0 Å². The Kier molecular flexibility index (Phi) is 8.88. The van der Waals surface area contributed by atoms with Gasteiger partial charge >= 0.3 is 6.18 Å². The number of rotatable bonds is 3. The molecule has 0 aliphatic rings. The largest absolute Gasteiger partial charge is 0.391 e. The highest BCUT2D eigenvalue weighted by Gasteiger charge is 2.34. The summed E-state index contributed by atoms with van der Waals surface area (Å²) < 4.78 is 35.3. The van der Waals surface area contributed by atoms with E-state index in [4.69, 9.17) is 0 Å². The van der Waals surface area contributed by atoms with Crippen LogP contribution in [0.5, 0.6) is 0 Å². The molecule has 0 rings (SSSR count). The van der Waals surface area contributed by atoms with E-state index in [0.717, 1.165) is 6.42 Å². The van der Waals surface area contributed by atoms with Gasteiger partial charge in [-0.3, -0.25) is 0 Å². The molecule has 0 saturated carbocycles. The Hall–Kier alpha value is -0.210. The number of halogens is 3. The van der Waals surface area contributed by atoms with E-state index in [1.54, 1.807) is 0 Å². The molecule has 0 heterocycles. The van der Waals surface area contributed by atoms with Gasteiger partial charge in [0.05, 0.1) is 5.92 Å². The molecule has 0 aliphatic carbocycles. The fourth-order valence-electron chi connectivity index (χ4n) is 0.674. The first-order valence-corrected chi connectivity index (χ1v) is 4.55. The highest BCUT2D eigenvalue weighted by Crippen LogP contribution is 2.29. The normalized spacial score (nSPS) is 13.2. The van der Waals surface area contributed by atoms with Gasteiger partial charge in [-0.05, 0) is 6.42 Å². The molecule has 0 unspecified atom stereocenters. The topological polar surface area (TPSA) is 0 Å². The Bertz CT molecular complexity index is 86.3. The molecular weight excluding hydrogens is 165 g/mol. The van der Waals surface area contributed by atoms with Crippen molar-refractivity contribution in [1.82, 2.24) is 0 Å². The quantitative estimate of drug-likeness (QED) is 0.609. The van der Waals surface area contributed by atoms with Gasteiger partial charge in [-0.25, -0.2) is 0 Å². The second kappa shape index (κ2) is 7.44. The number of alkyl halides is 3. The molecule has 0 aromatic heterocycles. The third-order valence-corrected chi connectivity index (χ3v) is 1.55. The van der Waals surface area contributed by atoms with Crippen molar-refractivity contribution < 1.29 is 13.2 Å². The van der Waals surface area contributed by atoms with Crippen LogP contribution in [-0.2, 0) is 0 Å². The van der Waals surface area contributed by atoms with Gasteiger partial charge in [-0.1, -0.05) is 40.5 Å². The van der Waals surface area contributed by atoms with E-state index in [1.165, 1.54) is 6.92 Å². The first-order chi connectivity index (χ1) is 5.48. The Balaban J connectivity index is 0. The maximum atomic E-state index is 11.8. The Labute approximate surface area is 73.2 Å². The molecule has 0 radical (unpaired) electrons. The highest BCUT2D eigenvalue weighted by atomic mass is 19.4. The van der Waals surface area contributed by atoms with Crippen molar-refractivity contribution >= 4 is 0 Å². The summed E-state index contributed by atoms with van der Waals surface area (Å²) in [5.74, 6) is -1.13. The molecule has 0 saturated heterocycles. The van der Waals surface area contributed by atoms with Crippen LogP contribution >= 0.6 is 0 Å². The standard InChI is InChI=1S/C7H13F3.C2H6/c1-3-4-5-6(2)7(8,9)10;1-2/h6H,3-5H2,1-2H3;1-2H3/t6-;/m1./s1. The van der Waals surface area contributed by atoms with Gasteiger partial charge in [0, 0.05) is 0 Å². The van der Waals surface area contributed by atoms with Gasteiger partial charge in [0.15, 0.2) is 0 Å². The minimum Gasteiger partial charge on any atom is -0.171 e. The second-order valence-electron chi connectivity index (χ2n) is 2.58. The maximum Gasteiger partial charge on any atom is 0.391 e. The van der Waals surface area contributed by atoms with Gasteiger partial charge in [0.25, 0.3) is 0 Å². The predicted octanol–water partition coefficient (Wildman–Crippen LogP) is 4.40. The monoisotopic (exact) mass is 184 g/mol.